The van der Waals surface area contributed by atoms with Crippen LogP contribution in [0.4, 0.5) is 0 Å². The lowest BCUT2D eigenvalue weighted by atomic mass is 10.2. The number of halogens is 1. The molecule has 0 unspecified atom stereocenters. The minimum Gasteiger partial charge on any atom is -0.462 e. The Bertz CT molecular complexity index is 592. The molecule has 0 amide bonds. The van der Waals surface area contributed by atoms with Crippen molar-refractivity contribution in [1.29, 1.82) is 0 Å². The normalized spacial score (nSPS) is 10.8. The molecule has 0 aliphatic rings. The lowest BCUT2D eigenvalue weighted by Crippen LogP contribution is -2.09. The van der Waals surface area contributed by atoms with Gasteiger partial charge in [-0.1, -0.05) is 11.6 Å². The average molecular weight is 254 g/mol. The fraction of sp³-hybridized carbons (Fsp3) is 0.364. The summed E-state index contributed by atoms with van der Waals surface area (Å²) in [6, 6.07) is 0. The summed E-state index contributed by atoms with van der Waals surface area (Å²) in [7, 11) is 1.82. The molecule has 90 valence electrons. The van der Waals surface area contributed by atoms with Gasteiger partial charge in [-0.25, -0.2) is 14.8 Å². The molecule has 0 atom stereocenters. The average Bonchev–Trinajstić information content (AvgIpc) is 2.61. The van der Waals surface area contributed by atoms with E-state index >= 15 is 0 Å². The zero-order valence-corrected chi connectivity index (χ0v) is 10.6. The third kappa shape index (κ3) is 1.86. The first-order valence-corrected chi connectivity index (χ1v) is 5.58. The number of ether oxygens (including phenoxy) is 1. The predicted molar refractivity (Wildman–Crippen MR) is 64.2 cm³/mol. The van der Waals surface area contributed by atoms with Gasteiger partial charge in [0.15, 0.2) is 5.65 Å². The Labute approximate surface area is 103 Å². The fourth-order valence-corrected chi connectivity index (χ4v) is 1.99. The number of imidazole rings is 1. The van der Waals surface area contributed by atoms with E-state index in [-0.39, 0.29) is 0 Å². The van der Waals surface area contributed by atoms with Crippen LogP contribution < -0.4 is 0 Å². The van der Waals surface area contributed by atoms with Crippen LogP contribution in [0.25, 0.3) is 11.2 Å². The van der Waals surface area contributed by atoms with Crippen molar-refractivity contribution in [1.82, 2.24) is 14.5 Å². The maximum atomic E-state index is 11.8. The van der Waals surface area contributed by atoms with Gasteiger partial charge in [-0.15, -0.1) is 0 Å². The molecule has 2 aromatic rings. The van der Waals surface area contributed by atoms with Crippen LogP contribution >= 0.6 is 11.6 Å². The van der Waals surface area contributed by atoms with E-state index in [1.165, 1.54) is 0 Å². The third-order valence-electron chi connectivity index (χ3n) is 2.45. The second kappa shape index (κ2) is 4.33. The van der Waals surface area contributed by atoms with Gasteiger partial charge in [-0.3, -0.25) is 0 Å². The molecule has 0 spiro atoms. The van der Waals surface area contributed by atoms with Gasteiger partial charge >= 0.3 is 5.97 Å². The minimum absolute atomic E-state index is 0.291. The molecule has 0 saturated carbocycles. The Morgan fingerprint density at radius 2 is 2.29 bits per heavy atom. The van der Waals surface area contributed by atoms with Crippen molar-refractivity contribution >= 4 is 28.7 Å². The van der Waals surface area contributed by atoms with Crippen LogP contribution in [0.3, 0.4) is 0 Å². The zero-order valence-electron chi connectivity index (χ0n) is 9.82. The fourth-order valence-electron chi connectivity index (χ4n) is 1.64. The van der Waals surface area contributed by atoms with Crippen LogP contribution in [0.5, 0.6) is 0 Å². The quantitative estimate of drug-likeness (QED) is 0.769. The number of carbonyl (C=O) groups is 1. The number of nitrogens with zero attached hydrogens (tertiary/aromatic N) is 3. The van der Waals surface area contributed by atoms with E-state index in [1.54, 1.807) is 24.7 Å². The Hall–Kier alpha value is -1.62. The molecule has 0 N–H and O–H groups in total. The molecule has 2 rings (SSSR count). The van der Waals surface area contributed by atoms with Crippen LogP contribution in [0.15, 0.2) is 6.33 Å². The van der Waals surface area contributed by atoms with Gasteiger partial charge in [0.1, 0.15) is 11.1 Å². The molecule has 0 aliphatic heterocycles. The standard InChI is InChI=1S/C11H12ClN3O2/c1-4-17-11(16)7-6(2)14-10-9(8(7)12)13-5-15(10)3/h5H,4H2,1-3H3. The number of esters is 1. The summed E-state index contributed by atoms with van der Waals surface area (Å²) in [5, 5.41) is 0.298. The topological polar surface area (TPSA) is 57.0 Å². The van der Waals surface area contributed by atoms with Crippen molar-refractivity contribution < 1.29 is 9.53 Å². The minimum atomic E-state index is -0.463. The number of aromatic nitrogens is 3. The van der Waals surface area contributed by atoms with Crippen molar-refractivity contribution in [3.8, 4) is 0 Å². The van der Waals surface area contributed by atoms with Crippen LogP contribution in [-0.4, -0.2) is 27.1 Å². The van der Waals surface area contributed by atoms with Gasteiger partial charge in [0.05, 0.1) is 23.7 Å². The highest BCUT2D eigenvalue weighted by Crippen LogP contribution is 2.27. The highest BCUT2D eigenvalue weighted by molar-refractivity contribution is 6.37. The Balaban J connectivity index is 2.68. The first-order valence-electron chi connectivity index (χ1n) is 5.20. The summed E-state index contributed by atoms with van der Waals surface area (Å²) in [5.41, 5.74) is 2.01. The largest absolute Gasteiger partial charge is 0.462 e. The van der Waals surface area contributed by atoms with Crippen molar-refractivity contribution in [2.45, 2.75) is 13.8 Å². The Morgan fingerprint density at radius 1 is 1.59 bits per heavy atom. The second-order valence-corrected chi connectivity index (χ2v) is 4.01. The number of fused-ring (bicyclic) bond motifs is 1. The van der Waals surface area contributed by atoms with Crippen LogP contribution in [-0.2, 0) is 11.8 Å². The molecular formula is C11H12ClN3O2. The van der Waals surface area contributed by atoms with Crippen LogP contribution in [0.2, 0.25) is 5.02 Å². The highest BCUT2D eigenvalue weighted by atomic mass is 35.5. The van der Waals surface area contributed by atoms with Crippen LogP contribution in [0.1, 0.15) is 23.0 Å². The number of hydrogen-bond donors (Lipinski definition) is 0. The lowest BCUT2D eigenvalue weighted by Gasteiger charge is -2.07. The summed E-state index contributed by atoms with van der Waals surface area (Å²) < 4.78 is 6.70. The summed E-state index contributed by atoms with van der Waals surface area (Å²) in [6.07, 6.45) is 1.61. The van der Waals surface area contributed by atoms with E-state index in [9.17, 15) is 4.79 Å². The lowest BCUT2D eigenvalue weighted by molar-refractivity contribution is 0.0525. The van der Waals surface area contributed by atoms with Gasteiger partial charge in [-0.05, 0) is 13.8 Å². The zero-order chi connectivity index (χ0) is 12.6. The number of carbonyl (C=O) groups excluding carboxylic acids is 1. The maximum Gasteiger partial charge on any atom is 0.341 e. The van der Waals surface area contributed by atoms with E-state index in [0.717, 1.165) is 0 Å². The molecule has 0 aromatic carbocycles. The SMILES string of the molecule is CCOC(=O)c1c(C)nc2c(ncn2C)c1Cl. The molecule has 2 heterocycles. The monoisotopic (exact) mass is 253 g/mol. The summed E-state index contributed by atoms with van der Waals surface area (Å²) >= 11 is 6.17. The number of hydrogen-bond acceptors (Lipinski definition) is 4. The van der Waals surface area contributed by atoms with E-state index in [4.69, 9.17) is 16.3 Å². The Morgan fingerprint density at radius 3 is 2.94 bits per heavy atom. The second-order valence-electron chi connectivity index (χ2n) is 3.63. The molecule has 0 saturated heterocycles. The van der Waals surface area contributed by atoms with Gasteiger partial charge in [0, 0.05) is 7.05 Å². The molecule has 0 bridgehead atoms. The molecule has 17 heavy (non-hydrogen) atoms. The summed E-state index contributed by atoms with van der Waals surface area (Å²) in [6.45, 7) is 3.77. The van der Waals surface area contributed by atoms with Crippen molar-refractivity contribution in [2.24, 2.45) is 7.05 Å². The van der Waals surface area contributed by atoms with Crippen LogP contribution in [0, 0.1) is 6.92 Å². The van der Waals surface area contributed by atoms with Crippen molar-refractivity contribution in [3.63, 3.8) is 0 Å². The first-order chi connectivity index (χ1) is 8.06. The van der Waals surface area contributed by atoms with E-state index in [1.807, 2.05) is 7.05 Å². The predicted octanol–water partition coefficient (Wildman–Crippen LogP) is 2.11. The number of pyridine rings is 1. The Kier molecular flexibility index (Phi) is 3.02. The van der Waals surface area contributed by atoms with Gasteiger partial charge in [0.25, 0.3) is 0 Å². The number of rotatable bonds is 2. The summed E-state index contributed by atoms with van der Waals surface area (Å²) in [5.74, 6) is -0.463. The van der Waals surface area contributed by atoms with Gasteiger partial charge in [0.2, 0.25) is 0 Å². The van der Waals surface area contributed by atoms with Crippen molar-refractivity contribution in [3.05, 3.63) is 22.6 Å². The molecule has 0 fully saturated rings. The smallest absolute Gasteiger partial charge is 0.341 e. The van der Waals surface area contributed by atoms with Gasteiger partial charge < -0.3 is 9.30 Å². The maximum absolute atomic E-state index is 11.8. The highest BCUT2D eigenvalue weighted by Gasteiger charge is 2.20. The molecule has 6 heteroatoms. The van der Waals surface area contributed by atoms with Gasteiger partial charge in [-0.2, -0.15) is 0 Å². The number of aryl methyl sites for hydroxylation is 2. The molecule has 5 nitrogen and oxygen atoms in total. The molecule has 0 aliphatic carbocycles. The van der Waals surface area contributed by atoms with E-state index in [0.29, 0.717) is 34.1 Å². The molecular weight excluding hydrogens is 242 g/mol. The molecule has 0 radical (unpaired) electrons. The van der Waals surface area contributed by atoms with Crippen molar-refractivity contribution in [2.75, 3.05) is 6.61 Å². The van der Waals surface area contributed by atoms with E-state index < -0.39 is 5.97 Å². The first kappa shape index (κ1) is 11.9. The van der Waals surface area contributed by atoms with E-state index in [2.05, 4.69) is 9.97 Å². The summed E-state index contributed by atoms with van der Waals surface area (Å²) in [4.78, 5) is 20.2. The third-order valence-corrected chi connectivity index (χ3v) is 2.82. The molecule has 2 aromatic heterocycles.